The van der Waals surface area contributed by atoms with Crippen LogP contribution < -0.4 is 10.1 Å². The van der Waals surface area contributed by atoms with Crippen molar-refractivity contribution in [3.63, 3.8) is 0 Å². The molecule has 3 heterocycles. The molecule has 0 unspecified atom stereocenters. The van der Waals surface area contributed by atoms with Gasteiger partial charge in [0.15, 0.2) is 5.82 Å². The molecule has 2 aromatic heterocycles. The Morgan fingerprint density at radius 1 is 1.12 bits per heavy atom. The van der Waals surface area contributed by atoms with E-state index in [2.05, 4.69) is 27.3 Å². The molecule has 8 nitrogen and oxygen atoms in total. The number of rotatable bonds is 8. The SMILES string of the molecule is COc1ccccc1-c1nccc(C(=O)Nc2nc3cc(C4CCN(C5CC5)CC4)ccc3n2CC(C)(C)O)c1F. The number of hydrogen-bond donors (Lipinski definition) is 2. The Balaban J connectivity index is 1.30. The minimum Gasteiger partial charge on any atom is -0.496 e. The first-order valence-corrected chi connectivity index (χ1v) is 14.3. The summed E-state index contributed by atoms with van der Waals surface area (Å²) >= 11 is 0. The van der Waals surface area contributed by atoms with Gasteiger partial charge in [0.25, 0.3) is 5.91 Å². The van der Waals surface area contributed by atoms with Gasteiger partial charge in [0, 0.05) is 17.8 Å². The number of amides is 1. The van der Waals surface area contributed by atoms with Crippen molar-refractivity contribution in [2.75, 3.05) is 25.5 Å². The molecule has 6 rings (SSSR count). The smallest absolute Gasteiger partial charge is 0.261 e. The fourth-order valence-electron chi connectivity index (χ4n) is 5.90. The van der Waals surface area contributed by atoms with Crippen LogP contribution in [0.2, 0.25) is 0 Å². The third kappa shape index (κ3) is 5.69. The van der Waals surface area contributed by atoms with Crippen molar-refractivity contribution < 1.29 is 19.0 Å². The lowest BCUT2D eigenvalue weighted by Crippen LogP contribution is -2.34. The molecule has 1 saturated heterocycles. The van der Waals surface area contributed by atoms with Crippen molar-refractivity contribution in [1.82, 2.24) is 19.4 Å². The Kier molecular flexibility index (Phi) is 7.25. The van der Waals surface area contributed by atoms with Gasteiger partial charge in [0.2, 0.25) is 5.95 Å². The highest BCUT2D eigenvalue weighted by Crippen LogP contribution is 2.36. The van der Waals surface area contributed by atoms with Crippen molar-refractivity contribution in [3.05, 3.63) is 71.7 Å². The number of piperidine rings is 1. The standard InChI is InChI=1S/C32H36FN5O3/c1-32(2,40)19-38-26-11-8-21(20-13-16-37(17-14-20)22-9-10-22)18-25(26)35-31(38)36-30(39)24-12-15-34-29(28(24)33)23-6-4-5-7-27(23)41-3/h4-8,11-12,15,18,20,22,40H,9-10,13-14,16-17,19H2,1-3H3,(H,35,36,39). The number of carbonyl (C=O) groups excluding carboxylic acids is 1. The average molecular weight is 558 g/mol. The van der Waals surface area contributed by atoms with Crippen molar-refractivity contribution in [3.8, 4) is 17.0 Å². The van der Waals surface area contributed by atoms with Crippen LogP contribution in [0.4, 0.5) is 10.3 Å². The number of ether oxygens (including phenoxy) is 1. The van der Waals surface area contributed by atoms with E-state index in [1.165, 1.54) is 37.8 Å². The van der Waals surface area contributed by atoms with Gasteiger partial charge in [-0.3, -0.25) is 15.1 Å². The van der Waals surface area contributed by atoms with Crippen LogP contribution in [0.1, 0.15) is 61.4 Å². The van der Waals surface area contributed by atoms with Gasteiger partial charge in [0.05, 0.1) is 35.9 Å². The minimum absolute atomic E-state index is 0.0254. The Morgan fingerprint density at radius 2 is 1.88 bits per heavy atom. The Hall–Kier alpha value is -3.82. The molecule has 4 aromatic rings. The highest BCUT2D eigenvalue weighted by atomic mass is 19.1. The topological polar surface area (TPSA) is 92.5 Å². The normalized spacial score (nSPS) is 16.7. The second-order valence-corrected chi connectivity index (χ2v) is 11.8. The summed E-state index contributed by atoms with van der Waals surface area (Å²) in [5, 5.41) is 13.5. The molecule has 2 fully saturated rings. The lowest BCUT2D eigenvalue weighted by atomic mass is 9.89. The molecule has 214 valence electrons. The molecule has 1 aliphatic heterocycles. The molecular weight excluding hydrogens is 521 g/mol. The molecule has 0 radical (unpaired) electrons. The fraction of sp³-hybridized carbons (Fsp3) is 0.406. The van der Waals surface area contributed by atoms with Gasteiger partial charge in [-0.2, -0.15) is 0 Å². The van der Waals surface area contributed by atoms with Gasteiger partial charge in [-0.25, -0.2) is 9.37 Å². The number of nitrogens with one attached hydrogen (secondary N) is 1. The Bertz CT molecular complexity index is 1580. The van der Waals surface area contributed by atoms with Gasteiger partial charge in [-0.15, -0.1) is 0 Å². The maximum atomic E-state index is 15.7. The first-order valence-electron chi connectivity index (χ1n) is 14.3. The molecule has 2 N–H and O–H groups in total. The van der Waals surface area contributed by atoms with Crippen LogP contribution in [0.3, 0.4) is 0 Å². The number of aliphatic hydroxyl groups is 1. The van der Waals surface area contributed by atoms with E-state index in [1.807, 2.05) is 6.07 Å². The van der Waals surface area contributed by atoms with E-state index in [-0.39, 0.29) is 23.8 Å². The minimum atomic E-state index is -1.07. The predicted molar refractivity (Wildman–Crippen MR) is 157 cm³/mol. The Morgan fingerprint density at radius 3 is 2.59 bits per heavy atom. The van der Waals surface area contributed by atoms with E-state index in [0.29, 0.717) is 17.2 Å². The number of pyridine rings is 1. The van der Waals surface area contributed by atoms with Crippen LogP contribution in [-0.2, 0) is 6.54 Å². The number of fused-ring (bicyclic) bond motifs is 1. The van der Waals surface area contributed by atoms with E-state index in [4.69, 9.17) is 9.72 Å². The number of methoxy groups -OCH3 is 1. The number of benzene rings is 2. The molecule has 0 atom stereocenters. The van der Waals surface area contributed by atoms with Crippen LogP contribution in [0.25, 0.3) is 22.3 Å². The van der Waals surface area contributed by atoms with Crippen molar-refractivity contribution >= 4 is 22.9 Å². The lowest BCUT2D eigenvalue weighted by Gasteiger charge is -2.32. The Labute approximate surface area is 239 Å². The summed E-state index contributed by atoms with van der Waals surface area (Å²) in [6.07, 6.45) is 6.29. The largest absolute Gasteiger partial charge is 0.496 e. The predicted octanol–water partition coefficient (Wildman–Crippen LogP) is 5.61. The third-order valence-electron chi connectivity index (χ3n) is 8.10. The van der Waals surface area contributed by atoms with E-state index >= 15 is 4.39 Å². The number of aromatic nitrogens is 3. The second-order valence-electron chi connectivity index (χ2n) is 11.8. The van der Waals surface area contributed by atoms with Gasteiger partial charge in [0.1, 0.15) is 11.4 Å². The molecular formula is C32H36FN5O3. The summed E-state index contributed by atoms with van der Waals surface area (Å²) in [4.78, 5) is 25.0. The van der Waals surface area contributed by atoms with Gasteiger partial charge in [-0.1, -0.05) is 18.2 Å². The van der Waals surface area contributed by atoms with Gasteiger partial charge < -0.3 is 19.3 Å². The fourth-order valence-corrected chi connectivity index (χ4v) is 5.90. The number of imidazole rings is 1. The van der Waals surface area contributed by atoms with E-state index in [0.717, 1.165) is 43.0 Å². The molecule has 1 amide bonds. The number of halogens is 1. The van der Waals surface area contributed by atoms with Crippen LogP contribution in [0, 0.1) is 5.82 Å². The highest BCUT2D eigenvalue weighted by Gasteiger charge is 2.32. The molecule has 2 aromatic carbocycles. The van der Waals surface area contributed by atoms with Crippen LogP contribution in [-0.4, -0.2) is 62.3 Å². The zero-order valence-electron chi connectivity index (χ0n) is 23.7. The summed E-state index contributed by atoms with van der Waals surface area (Å²) in [7, 11) is 1.50. The van der Waals surface area contributed by atoms with Crippen LogP contribution >= 0.6 is 0 Å². The number of hydrogen-bond acceptors (Lipinski definition) is 6. The van der Waals surface area contributed by atoms with Crippen molar-refractivity contribution in [1.29, 1.82) is 0 Å². The molecule has 0 spiro atoms. The number of para-hydroxylation sites is 1. The van der Waals surface area contributed by atoms with E-state index < -0.39 is 17.3 Å². The number of anilines is 1. The second kappa shape index (κ2) is 10.9. The maximum absolute atomic E-state index is 15.7. The maximum Gasteiger partial charge on any atom is 0.261 e. The quantitative estimate of drug-likeness (QED) is 0.293. The number of likely N-dealkylation sites (tertiary alicyclic amines) is 1. The summed E-state index contributed by atoms with van der Waals surface area (Å²) in [5.41, 5.74) is 2.01. The van der Waals surface area contributed by atoms with Crippen molar-refractivity contribution in [2.45, 2.75) is 63.6 Å². The zero-order chi connectivity index (χ0) is 28.7. The zero-order valence-corrected chi connectivity index (χ0v) is 23.7. The first-order chi connectivity index (χ1) is 19.7. The molecule has 2 aliphatic rings. The number of nitrogens with zero attached hydrogens (tertiary/aromatic N) is 4. The average Bonchev–Trinajstić information content (AvgIpc) is 3.76. The van der Waals surface area contributed by atoms with Crippen LogP contribution in [0.5, 0.6) is 5.75 Å². The summed E-state index contributed by atoms with van der Waals surface area (Å²) in [5.74, 6) is -0.230. The summed E-state index contributed by atoms with van der Waals surface area (Å²) in [6, 6.07) is 15.3. The molecule has 1 saturated carbocycles. The highest BCUT2D eigenvalue weighted by molar-refractivity contribution is 6.05. The summed E-state index contributed by atoms with van der Waals surface area (Å²) in [6.45, 7) is 5.85. The van der Waals surface area contributed by atoms with Gasteiger partial charge in [-0.05, 0) is 94.4 Å². The van der Waals surface area contributed by atoms with Crippen molar-refractivity contribution in [2.24, 2.45) is 0 Å². The first kappa shape index (κ1) is 27.4. The van der Waals surface area contributed by atoms with E-state index in [1.54, 1.807) is 42.7 Å². The van der Waals surface area contributed by atoms with E-state index in [9.17, 15) is 9.90 Å². The third-order valence-corrected chi connectivity index (χ3v) is 8.10. The molecule has 41 heavy (non-hydrogen) atoms. The number of carbonyl (C=O) groups is 1. The monoisotopic (exact) mass is 557 g/mol. The van der Waals surface area contributed by atoms with Crippen LogP contribution in [0.15, 0.2) is 54.7 Å². The summed E-state index contributed by atoms with van der Waals surface area (Å²) < 4.78 is 22.9. The molecule has 9 heteroatoms. The molecule has 0 bridgehead atoms. The van der Waals surface area contributed by atoms with Gasteiger partial charge >= 0.3 is 0 Å². The lowest BCUT2D eigenvalue weighted by molar-refractivity contribution is 0.0630. The molecule has 1 aliphatic carbocycles.